The van der Waals surface area contributed by atoms with Gasteiger partial charge in [0, 0.05) is 12.3 Å². The maximum absolute atomic E-state index is 12.8. The van der Waals surface area contributed by atoms with E-state index in [0.717, 1.165) is 31.2 Å². The van der Waals surface area contributed by atoms with Gasteiger partial charge in [-0.05, 0) is 30.5 Å². The van der Waals surface area contributed by atoms with Crippen LogP contribution in [0.3, 0.4) is 0 Å². The molecule has 1 aliphatic heterocycles. The normalized spacial score (nSPS) is 19.2. The van der Waals surface area contributed by atoms with Gasteiger partial charge in [0.25, 0.3) is 5.56 Å². The minimum atomic E-state index is -0.385. The van der Waals surface area contributed by atoms with Crippen LogP contribution in [0.15, 0.2) is 16.9 Å². The Morgan fingerprint density at radius 2 is 1.64 bits per heavy atom. The number of carbonyl (C=O) groups is 1. The molecule has 1 aliphatic carbocycles. The van der Waals surface area contributed by atoms with Crippen molar-refractivity contribution in [2.45, 2.75) is 44.1 Å². The number of carbonyl (C=O) groups excluding carboxylic acids is 1. The molecule has 0 spiro atoms. The summed E-state index contributed by atoms with van der Waals surface area (Å²) in [7, 11) is 4.63. The third kappa shape index (κ3) is 2.93. The SMILES string of the molecule is COc1cc([C@H]2CC(=O)Nc3c2c(=O)[nH]n3C2CCCC2)cc(OC)c1OC. The van der Waals surface area contributed by atoms with Gasteiger partial charge in [0.05, 0.1) is 32.9 Å². The van der Waals surface area contributed by atoms with Gasteiger partial charge in [0.1, 0.15) is 5.82 Å². The van der Waals surface area contributed by atoms with Crippen molar-refractivity contribution >= 4 is 11.7 Å². The summed E-state index contributed by atoms with van der Waals surface area (Å²) < 4.78 is 18.1. The van der Waals surface area contributed by atoms with Gasteiger partial charge in [-0.25, -0.2) is 0 Å². The molecule has 0 bridgehead atoms. The number of rotatable bonds is 5. The van der Waals surface area contributed by atoms with Crippen molar-refractivity contribution in [1.29, 1.82) is 0 Å². The Kier molecular flexibility index (Phi) is 4.78. The number of aromatic amines is 1. The Hall–Kier alpha value is -2.90. The third-order valence-corrected chi connectivity index (χ3v) is 5.74. The molecule has 2 aromatic rings. The topological polar surface area (TPSA) is 94.6 Å². The monoisotopic (exact) mass is 387 g/mol. The summed E-state index contributed by atoms with van der Waals surface area (Å²) in [6.45, 7) is 0. The number of amides is 1. The molecule has 8 nitrogen and oxygen atoms in total. The van der Waals surface area contributed by atoms with Crippen molar-refractivity contribution in [3.63, 3.8) is 0 Å². The first-order valence-electron chi connectivity index (χ1n) is 9.51. The highest BCUT2D eigenvalue weighted by Crippen LogP contribution is 2.44. The predicted molar refractivity (Wildman–Crippen MR) is 104 cm³/mol. The number of hydrogen-bond donors (Lipinski definition) is 2. The molecule has 2 aliphatic rings. The number of H-pyrrole nitrogens is 1. The van der Waals surface area contributed by atoms with Gasteiger partial charge >= 0.3 is 0 Å². The summed E-state index contributed by atoms with van der Waals surface area (Å²) in [5, 5.41) is 5.87. The minimum absolute atomic E-state index is 0.114. The Labute approximate surface area is 162 Å². The third-order valence-electron chi connectivity index (χ3n) is 5.74. The molecule has 150 valence electrons. The van der Waals surface area contributed by atoms with Crippen LogP contribution in [0.1, 0.15) is 55.2 Å². The number of fused-ring (bicyclic) bond motifs is 1. The van der Waals surface area contributed by atoms with Gasteiger partial charge in [0.2, 0.25) is 11.7 Å². The lowest BCUT2D eigenvalue weighted by atomic mass is 9.86. The number of benzene rings is 1. The second-order valence-corrected chi connectivity index (χ2v) is 7.28. The summed E-state index contributed by atoms with van der Waals surface area (Å²) in [5.74, 6) is 1.56. The van der Waals surface area contributed by atoms with Gasteiger partial charge in [-0.15, -0.1) is 0 Å². The van der Waals surface area contributed by atoms with Gasteiger partial charge in [-0.1, -0.05) is 12.8 Å². The summed E-state index contributed by atoms with van der Waals surface area (Å²) in [5.41, 5.74) is 1.20. The molecule has 28 heavy (non-hydrogen) atoms. The van der Waals surface area contributed by atoms with Gasteiger partial charge in [-0.3, -0.25) is 19.4 Å². The molecular weight excluding hydrogens is 362 g/mol. The van der Waals surface area contributed by atoms with E-state index in [1.54, 1.807) is 33.5 Å². The molecular formula is C20H25N3O5. The van der Waals surface area contributed by atoms with Crippen molar-refractivity contribution < 1.29 is 19.0 Å². The van der Waals surface area contributed by atoms with Crippen molar-refractivity contribution in [1.82, 2.24) is 9.78 Å². The van der Waals surface area contributed by atoms with Crippen LogP contribution >= 0.6 is 0 Å². The van der Waals surface area contributed by atoms with Crippen molar-refractivity contribution in [2.24, 2.45) is 0 Å². The lowest BCUT2D eigenvalue weighted by molar-refractivity contribution is -0.116. The Bertz CT molecular complexity index is 930. The second kappa shape index (κ2) is 7.26. The largest absolute Gasteiger partial charge is 0.493 e. The van der Waals surface area contributed by atoms with Crippen LogP contribution in [0.5, 0.6) is 17.2 Å². The zero-order valence-corrected chi connectivity index (χ0v) is 16.3. The van der Waals surface area contributed by atoms with Gasteiger partial charge < -0.3 is 19.5 Å². The molecule has 0 radical (unpaired) electrons. The minimum Gasteiger partial charge on any atom is -0.493 e. The zero-order valence-electron chi connectivity index (χ0n) is 16.3. The number of ether oxygens (including phenoxy) is 3. The van der Waals surface area contributed by atoms with E-state index in [0.29, 0.717) is 28.6 Å². The Morgan fingerprint density at radius 3 is 2.21 bits per heavy atom. The molecule has 1 fully saturated rings. The van der Waals surface area contributed by atoms with Crippen LogP contribution in [-0.2, 0) is 4.79 Å². The predicted octanol–water partition coefficient (Wildman–Crippen LogP) is 2.79. The fourth-order valence-corrected chi connectivity index (χ4v) is 4.41. The maximum atomic E-state index is 12.8. The molecule has 1 aromatic carbocycles. The van der Waals surface area contributed by atoms with Crippen molar-refractivity contribution in [3.05, 3.63) is 33.6 Å². The molecule has 2 heterocycles. The molecule has 1 amide bonds. The quantitative estimate of drug-likeness (QED) is 0.823. The van der Waals surface area contributed by atoms with E-state index < -0.39 is 0 Å². The zero-order chi connectivity index (χ0) is 19.8. The highest BCUT2D eigenvalue weighted by Gasteiger charge is 2.35. The van der Waals surface area contributed by atoms with E-state index in [1.165, 1.54) is 0 Å². The molecule has 1 saturated carbocycles. The lowest BCUT2D eigenvalue weighted by Gasteiger charge is -2.25. The van der Waals surface area contributed by atoms with Crippen LogP contribution in [-0.4, -0.2) is 37.0 Å². The molecule has 0 unspecified atom stereocenters. The number of hydrogen-bond acceptors (Lipinski definition) is 5. The Balaban J connectivity index is 1.85. The van der Waals surface area contributed by atoms with Crippen LogP contribution < -0.4 is 25.1 Å². The number of methoxy groups -OCH3 is 3. The average Bonchev–Trinajstić information content (AvgIpc) is 3.34. The second-order valence-electron chi connectivity index (χ2n) is 7.28. The number of nitrogens with one attached hydrogen (secondary N) is 2. The van der Waals surface area contributed by atoms with Gasteiger partial charge in [-0.2, -0.15) is 0 Å². The van der Waals surface area contributed by atoms with E-state index in [1.807, 2.05) is 4.68 Å². The molecule has 8 heteroatoms. The van der Waals surface area contributed by atoms with E-state index in [-0.39, 0.29) is 29.8 Å². The first kappa shape index (κ1) is 18.5. The number of aromatic nitrogens is 2. The highest BCUT2D eigenvalue weighted by molar-refractivity contribution is 5.94. The smallest absolute Gasteiger partial charge is 0.270 e. The summed E-state index contributed by atoms with van der Waals surface area (Å²) in [6, 6.07) is 3.83. The number of anilines is 1. The standard InChI is InChI=1S/C20H25N3O5/c1-26-14-8-11(9-15(27-2)18(14)28-3)13-10-16(24)21-19-17(13)20(25)22-23(19)12-6-4-5-7-12/h8-9,12-13H,4-7,10H2,1-3H3,(H,21,24)(H,22,25)/t13-/m1/s1. The summed E-state index contributed by atoms with van der Waals surface area (Å²) in [6.07, 6.45) is 4.45. The average molecular weight is 387 g/mol. The van der Waals surface area contributed by atoms with E-state index in [4.69, 9.17) is 14.2 Å². The first-order valence-corrected chi connectivity index (χ1v) is 9.51. The van der Waals surface area contributed by atoms with Crippen LogP contribution in [0, 0.1) is 0 Å². The molecule has 1 atom stereocenters. The molecule has 2 N–H and O–H groups in total. The van der Waals surface area contributed by atoms with Crippen LogP contribution in [0.4, 0.5) is 5.82 Å². The summed E-state index contributed by atoms with van der Waals surface area (Å²) in [4.78, 5) is 25.3. The summed E-state index contributed by atoms with van der Waals surface area (Å²) >= 11 is 0. The van der Waals surface area contributed by atoms with Gasteiger partial charge in [0.15, 0.2) is 11.5 Å². The fourth-order valence-electron chi connectivity index (χ4n) is 4.41. The molecule has 0 saturated heterocycles. The highest BCUT2D eigenvalue weighted by atomic mass is 16.5. The van der Waals surface area contributed by atoms with E-state index in [2.05, 4.69) is 10.4 Å². The molecule has 4 rings (SSSR count). The van der Waals surface area contributed by atoms with Crippen molar-refractivity contribution in [2.75, 3.05) is 26.6 Å². The van der Waals surface area contributed by atoms with Crippen LogP contribution in [0.25, 0.3) is 0 Å². The van der Waals surface area contributed by atoms with E-state index >= 15 is 0 Å². The maximum Gasteiger partial charge on any atom is 0.270 e. The molecule has 1 aromatic heterocycles. The van der Waals surface area contributed by atoms with E-state index in [9.17, 15) is 9.59 Å². The lowest BCUT2D eigenvalue weighted by Crippen LogP contribution is -2.27. The number of nitrogens with zero attached hydrogens (tertiary/aromatic N) is 1. The Morgan fingerprint density at radius 1 is 1.00 bits per heavy atom. The first-order chi connectivity index (χ1) is 13.6. The van der Waals surface area contributed by atoms with Crippen LogP contribution in [0.2, 0.25) is 0 Å². The van der Waals surface area contributed by atoms with Crippen molar-refractivity contribution in [3.8, 4) is 17.2 Å². The fraction of sp³-hybridized carbons (Fsp3) is 0.500.